The number of furan rings is 1. The number of rotatable bonds is 6. The number of phenolic OH excluding ortho intramolecular Hbond substituents is 1. The largest absolute Gasteiger partial charge is 0.504 e. The van der Waals surface area contributed by atoms with Crippen LogP contribution in [0, 0.1) is 0 Å². The maximum atomic E-state index is 13.5. The molecule has 5 atom stereocenters. The second kappa shape index (κ2) is 9.00. The summed E-state index contributed by atoms with van der Waals surface area (Å²) in [4.78, 5) is 17.6. The van der Waals surface area contributed by atoms with Gasteiger partial charge in [0.05, 0.1) is 24.0 Å². The molecule has 2 bridgehead atoms. The summed E-state index contributed by atoms with van der Waals surface area (Å²) in [5, 5.41) is 23.9. The molecule has 2 aliphatic carbocycles. The van der Waals surface area contributed by atoms with Gasteiger partial charge in [-0.2, -0.15) is 0 Å². The van der Waals surface area contributed by atoms with Crippen LogP contribution in [0.25, 0.3) is 6.08 Å². The number of carbonyl (C=O) groups excluding carboxylic acids is 1. The number of aliphatic hydroxyl groups is 1. The predicted molar refractivity (Wildman–Crippen MR) is 147 cm³/mol. The Bertz CT molecular complexity index is 1420. The molecule has 1 amide bonds. The van der Waals surface area contributed by atoms with Crippen molar-refractivity contribution in [3.63, 3.8) is 0 Å². The first-order chi connectivity index (χ1) is 18.9. The van der Waals surface area contributed by atoms with Gasteiger partial charge in [-0.05, 0) is 68.0 Å². The molecule has 0 radical (unpaired) electrons. The van der Waals surface area contributed by atoms with Gasteiger partial charge in [-0.25, -0.2) is 0 Å². The number of hydrogen-bond acceptors (Lipinski definition) is 6. The van der Waals surface area contributed by atoms with Crippen LogP contribution in [0.15, 0.2) is 71.6 Å². The van der Waals surface area contributed by atoms with Gasteiger partial charge >= 0.3 is 0 Å². The van der Waals surface area contributed by atoms with Crippen molar-refractivity contribution in [3.8, 4) is 11.5 Å². The van der Waals surface area contributed by atoms with Crippen molar-refractivity contribution in [2.45, 2.75) is 61.3 Å². The second-order valence-corrected chi connectivity index (χ2v) is 11.5. The van der Waals surface area contributed by atoms with Crippen LogP contribution in [-0.4, -0.2) is 69.8 Å². The monoisotopic (exact) mass is 526 g/mol. The Morgan fingerprint density at radius 1 is 1.18 bits per heavy atom. The Morgan fingerprint density at radius 2 is 2.03 bits per heavy atom. The zero-order valence-electron chi connectivity index (χ0n) is 22.1. The van der Waals surface area contributed by atoms with Crippen LogP contribution in [0.1, 0.15) is 41.5 Å². The van der Waals surface area contributed by atoms with Crippen molar-refractivity contribution in [2.24, 2.45) is 0 Å². The van der Waals surface area contributed by atoms with Gasteiger partial charge < -0.3 is 24.3 Å². The van der Waals surface area contributed by atoms with Crippen molar-refractivity contribution in [1.29, 1.82) is 0 Å². The Balaban J connectivity index is 1.29. The molecule has 2 aliphatic heterocycles. The third-order valence-electron chi connectivity index (χ3n) is 9.87. The van der Waals surface area contributed by atoms with E-state index < -0.39 is 17.1 Å². The number of benzene rings is 2. The molecule has 39 heavy (non-hydrogen) atoms. The molecular formula is C32H34N2O5. The summed E-state index contributed by atoms with van der Waals surface area (Å²) < 4.78 is 11.6. The fourth-order valence-electron chi connectivity index (χ4n) is 8.12. The van der Waals surface area contributed by atoms with Crippen molar-refractivity contribution in [3.05, 3.63) is 89.4 Å². The summed E-state index contributed by atoms with van der Waals surface area (Å²) in [6, 6.07) is 15.4. The molecule has 4 aliphatic rings. The lowest BCUT2D eigenvalue weighted by Gasteiger charge is -2.66. The first-order valence-corrected chi connectivity index (χ1v) is 13.9. The number of carbonyl (C=O) groups is 1. The van der Waals surface area contributed by atoms with E-state index in [1.54, 1.807) is 48.8 Å². The van der Waals surface area contributed by atoms with Crippen molar-refractivity contribution in [1.82, 2.24) is 9.80 Å². The number of nitrogens with zero attached hydrogens (tertiary/aromatic N) is 2. The number of phenols is 1. The third-order valence-corrected chi connectivity index (χ3v) is 9.87. The highest BCUT2D eigenvalue weighted by molar-refractivity contribution is 5.92. The van der Waals surface area contributed by atoms with Crippen LogP contribution in [0.2, 0.25) is 0 Å². The minimum Gasteiger partial charge on any atom is -0.504 e. The van der Waals surface area contributed by atoms with Gasteiger partial charge in [0.15, 0.2) is 11.5 Å². The van der Waals surface area contributed by atoms with E-state index in [1.165, 1.54) is 5.56 Å². The lowest BCUT2D eigenvalue weighted by molar-refractivity contribution is -0.216. The highest BCUT2D eigenvalue weighted by Gasteiger charge is 2.74. The Labute approximate surface area is 228 Å². The Kier molecular flexibility index (Phi) is 5.65. The maximum absolute atomic E-state index is 13.5. The molecule has 202 valence electrons. The fourth-order valence-corrected chi connectivity index (χ4v) is 8.12. The molecular weight excluding hydrogens is 492 g/mol. The quantitative estimate of drug-likeness (QED) is 0.474. The summed E-state index contributed by atoms with van der Waals surface area (Å²) in [6.07, 6.45) is 9.83. The van der Waals surface area contributed by atoms with E-state index in [9.17, 15) is 15.0 Å². The summed E-state index contributed by atoms with van der Waals surface area (Å²) in [6.45, 7) is 1.66. The minimum atomic E-state index is -1.23. The van der Waals surface area contributed by atoms with Gasteiger partial charge in [0.1, 0.15) is 11.7 Å². The lowest BCUT2D eigenvalue weighted by Crippen LogP contribution is -2.81. The smallest absolute Gasteiger partial charge is 0.246 e. The van der Waals surface area contributed by atoms with E-state index in [-0.39, 0.29) is 23.8 Å². The normalized spacial score (nSPS) is 30.7. The van der Waals surface area contributed by atoms with Crippen LogP contribution in [-0.2, 0) is 23.1 Å². The minimum absolute atomic E-state index is 0.133. The number of hydrogen-bond donors (Lipinski definition) is 2. The highest BCUT2D eigenvalue weighted by Crippen LogP contribution is 2.65. The highest BCUT2D eigenvalue weighted by atomic mass is 16.5. The van der Waals surface area contributed by atoms with Crippen molar-refractivity contribution in [2.75, 3.05) is 20.1 Å². The van der Waals surface area contributed by atoms with Gasteiger partial charge in [0.25, 0.3) is 0 Å². The summed E-state index contributed by atoms with van der Waals surface area (Å²) >= 11 is 0. The Hall–Kier alpha value is -3.55. The molecule has 1 aromatic heterocycles. The average molecular weight is 527 g/mol. The average Bonchev–Trinajstić information content (AvgIpc) is 3.58. The zero-order valence-corrected chi connectivity index (χ0v) is 22.1. The van der Waals surface area contributed by atoms with E-state index in [2.05, 4.69) is 29.2 Å². The molecule has 7 rings (SSSR count). The van der Waals surface area contributed by atoms with Gasteiger partial charge in [-0.1, -0.05) is 36.4 Å². The predicted octanol–water partition coefficient (Wildman–Crippen LogP) is 3.92. The van der Waals surface area contributed by atoms with Crippen LogP contribution in [0.3, 0.4) is 0 Å². The fraction of sp³-hybridized carbons (Fsp3) is 0.406. The molecule has 1 saturated carbocycles. The number of likely N-dealkylation sites (tertiary alicyclic amines) is 1. The number of amides is 1. The van der Waals surface area contributed by atoms with Crippen LogP contribution < -0.4 is 4.74 Å². The maximum Gasteiger partial charge on any atom is 0.246 e. The van der Waals surface area contributed by atoms with E-state index >= 15 is 0 Å². The molecule has 7 nitrogen and oxygen atoms in total. The van der Waals surface area contributed by atoms with E-state index in [0.717, 1.165) is 36.2 Å². The standard InChI is InChI=1S/C32H34N2O5/c1-33(28(36)12-7-22-14-18-38-20-22)25-10-11-27-31-15-17-34(16-13-21-5-3-2-4-6-21)26(32(25,31)37)19-23-8-9-24(35)30(39-27)29(23)31/h2-9,12,14,18,20,25-27,35,37H,10-11,13,15-17,19H2,1H3/b12-7+/t25-,26+,27-,31+,32+/m0/s1. The molecule has 3 heterocycles. The van der Waals surface area contributed by atoms with Crippen LogP contribution >= 0.6 is 0 Å². The summed E-state index contributed by atoms with van der Waals surface area (Å²) in [7, 11) is 1.81. The molecule has 3 aromatic rings. The molecule has 0 unspecified atom stereocenters. The number of aromatic hydroxyl groups is 1. The van der Waals surface area contributed by atoms with E-state index in [1.807, 2.05) is 12.1 Å². The van der Waals surface area contributed by atoms with Crippen molar-refractivity contribution < 1.29 is 24.2 Å². The molecule has 2 N–H and O–H groups in total. The van der Waals surface area contributed by atoms with Crippen molar-refractivity contribution >= 4 is 12.0 Å². The van der Waals surface area contributed by atoms with Gasteiger partial charge in [-0.15, -0.1) is 0 Å². The van der Waals surface area contributed by atoms with Crippen LogP contribution in [0.5, 0.6) is 11.5 Å². The van der Waals surface area contributed by atoms with E-state index in [4.69, 9.17) is 9.15 Å². The molecule has 1 saturated heterocycles. The van der Waals surface area contributed by atoms with Gasteiger partial charge in [0.2, 0.25) is 5.91 Å². The second-order valence-electron chi connectivity index (χ2n) is 11.5. The molecule has 7 heteroatoms. The molecule has 1 spiro atoms. The van der Waals surface area contributed by atoms with Gasteiger partial charge in [-0.3, -0.25) is 9.69 Å². The molecule has 2 fully saturated rings. The lowest BCUT2D eigenvalue weighted by atomic mass is 9.47. The van der Waals surface area contributed by atoms with Gasteiger partial charge in [0, 0.05) is 36.8 Å². The SMILES string of the molecule is CN(C(=O)/C=C/c1ccoc1)[C@H]1CC[C@@H]2Oc3c(O)ccc4c3[C@@]23CCN(CCc2ccccc2)[C@H](C4)[C@]13O. The topological polar surface area (TPSA) is 86.4 Å². The molecule has 2 aromatic carbocycles. The number of ether oxygens (including phenoxy) is 1. The summed E-state index contributed by atoms with van der Waals surface area (Å²) in [5.41, 5.74) is 2.29. The zero-order chi connectivity index (χ0) is 26.8. The third kappa shape index (κ3) is 3.46. The van der Waals surface area contributed by atoms with E-state index in [0.29, 0.717) is 31.4 Å². The number of likely N-dealkylation sites (N-methyl/N-ethyl adjacent to an activating group) is 1. The first-order valence-electron chi connectivity index (χ1n) is 13.9. The number of piperidine rings is 1. The summed E-state index contributed by atoms with van der Waals surface area (Å²) in [5.74, 6) is 0.509. The van der Waals surface area contributed by atoms with Crippen LogP contribution in [0.4, 0.5) is 0 Å². The first kappa shape index (κ1) is 24.5. The Morgan fingerprint density at radius 3 is 2.82 bits per heavy atom.